The zero-order chi connectivity index (χ0) is 10.4. The maximum atomic E-state index is 11.2. The molecule has 5 nitrogen and oxygen atoms in total. The summed E-state index contributed by atoms with van der Waals surface area (Å²) in [6, 6.07) is 0. The summed E-state index contributed by atoms with van der Waals surface area (Å²) in [5.74, 6) is -0.415. The summed E-state index contributed by atoms with van der Waals surface area (Å²) in [7, 11) is 1.27. The van der Waals surface area contributed by atoms with Crippen LogP contribution in [0, 0.1) is 0 Å². The van der Waals surface area contributed by atoms with Crippen molar-refractivity contribution in [3.8, 4) is 0 Å². The van der Waals surface area contributed by atoms with Crippen LogP contribution in [0.15, 0.2) is 0 Å². The number of halogens is 1. The topological polar surface area (TPSA) is 63.7 Å². The van der Waals surface area contributed by atoms with Crippen molar-refractivity contribution < 1.29 is 17.9 Å². The minimum absolute atomic E-state index is 0.266. The van der Waals surface area contributed by atoms with Gasteiger partial charge in [-0.15, -0.1) is 0 Å². The van der Waals surface area contributed by atoms with Crippen molar-refractivity contribution in [1.29, 1.82) is 0 Å². The highest BCUT2D eigenvalue weighted by Gasteiger charge is 2.56. The van der Waals surface area contributed by atoms with Crippen LogP contribution in [0.4, 0.5) is 0 Å². The van der Waals surface area contributed by atoms with Crippen LogP contribution in [0.3, 0.4) is 0 Å². The van der Waals surface area contributed by atoms with Crippen molar-refractivity contribution >= 4 is 25.8 Å². The standard InChI is InChI=1S/C7H10ClNO4S/c8-14(11,12)9-6(10)5-7(9)1-3-13-4-2-7/h1-5H2. The van der Waals surface area contributed by atoms with Crippen LogP contribution in [-0.2, 0) is 18.8 Å². The quantitative estimate of drug-likeness (QED) is 0.486. The number of carbonyl (C=O) groups excluding carboxylic acids is 1. The predicted molar refractivity (Wildman–Crippen MR) is 49.0 cm³/mol. The van der Waals surface area contributed by atoms with Crippen molar-refractivity contribution in [2.45, 2.75) is 24.8 Å². The first-order valence-electron chi connectivity index (χ1n) is 4.31. The molecule has 7 heteroatoms. The molecule has 2 aliphatic rings. The van der Waals surface area contributed by atoms with E-state index in [2.05, 4.69) is 0 Å². The number of amides is 1. The highest BCUT2D eigenvalue weighted by Crippen LogP contribution is 2.43. The van der Waals surface area contributed by atoms with Crippen molar-refractivity contribution in [3.63, 3.8) is 0 Å². The Morgan fingerprint density at radius 3 is 2.36 bits per heavy atom. The van der Waals surface area contributed by atoms with Crippen LogP contribution >= 0.6 is 10.7 Å². The number of hydrogen-bond acceptors (Lipinski definition) is 4. The van der Waals surface area contributed by atoms with Gasteiger partial charge in [0.15, 0.2) is 0 Å². The zero-order valence-electron chi connectivity index (χ0n) is 7.40. The largest absolute Gasteiger partial charge is 0.381 e. The minimum atomic E-state index is -3.92. The van der Waals surface area contributed by atoms with Gasteiger partial charge in [0.05, 0.1) is 12.0 Å². The van der Waals surface area contributed by atoms with E-state index in [1.165, 1.54) is 0 Å². The Bertz CT molecular complexity index is 360. The van der Waals surface area contributed by atoms with E-state index < -0.39 is 20.7 Å². The molecule has 80 valence electrons. The Morgan fingerprint density at radius 1 is 1.36 bits per heavy atom. The highest BCUT2D eigenvalue weighted by molar-refractivity contribution is 8.12. The van der Waals surface area contributed by atoms with E-state index in [0.717, 1.165) is 4.31 Å². The van der Waals surface area contributed by atoms with Gasteiger partial charge in [-0.25, -0.2) is 4.31 Å². The first-order valence-corrected chi connectivity index (χ1v) is 6.58. The molecule has 0 saturated carbocycles. The smallest absolute Gasteiger partial charge is 0.324 e. The third-order valence-electron chi connectivity index (χ3n) is 2.78. The molecule has 1 spiro atoms. The lowest BCUT2D eigenvalue weighted by atomic mass is 9.80. The van der Waals surface area contributed by atoms with Gasteiger partial charge < -0.3 is 4.74 Å². The van der Waals surface area contributed by atoms with Gasteiger partial charge in [0.25, 0.3) is 0 Å². The molecule has 0 aromatic rings. The van der Waals surface area contributed by atoms with Crippen molar-refractivity contribution in [1.82, 2.24) is 4.31 Å². The van der Waals surface area contributed by atoms with Crippen LogP contribution in [0.2, 0.25) is 0 Å². The maximum Gasteiger partial charge on any atom is 0.324 e. The summed E-state index contributed by atoms with van der Waals surface area (Å²) in [4.78, 5) is 11.2. The Kier molecular flexibility index (Phi) is 2.24. The van der Waals surface area contributed by atoms with Gasteiger partial charge in [0.1, 0.15) is 0 Å². The number of carbonyl (C=O) groups is 1. The lowest BCUT2D eigenvalue weighted by molar-refractivity contribution is -0.151. The molecule has 0 aromatic heterocycles. The molecule has 14 heavy (non-hydrogen) atoms. The summed E-state index contributed by atoms with van der Waals surface area (Å²) >= 11 is 0. The normalized spacial score (nSPS) is 26.4. The van der Waals surface area contributed by atoms with Crippen molar-refractivity contribution in [3.05, 3.63) is 0 Å². The predicted octanol–water partition coefficient (Wildman–Crippen LogP) is 0.252. The molecule has 0 atom stereocenters. The van der Waals surface area contributed by atoms with Crippen molar-refractivity contribution in [2.75, 3.05) is 13.2 Å². The lowest BCUT2D eigenvalue weighted by Crippen LogP contribution is -2.66. The molecule has 1 amide bonds. The van der Waals surface area contributed by atoms with E-state index in [9.17, 15) is 13.2 Å². The molecule has 2 heterocycles. The lowest BCUT2D eigenvalue weighted by Gasteiger charge is -2.51. The minimum Gasteiger partial charge on any atom is -0.381 e. The van der Waals surface area contributed by atoms with E-state index in [4.69, 9.17) is 15.4 Å². The van der Waals surface area contributed by atoms with Crippen LogP contribution in [0.25, 0.3) is 0 Å². The molecular weight excluding hydrogens is 230 g/mol. The van der Waals surface area contributed by atoms with Gasteiger partial charge in [-0.05, 0) is 12.8 Å². The fourth-order valence-corrected chi connectivity index (χ4v) is 3.77. The van der Waals surface area contributed by atoms with Crippen molar-refractivity contribution in [2.24, 2.45) is 0 Å². The zero-order valence-corrected chi connectivity index (χ0v) is 8.97. The molecule has 2 saturated heterocycles. The molecule has 0 unspecified atom stereocenters. The first kappa shape index (κ1) is 10.2. The van der Waals surface area contributed by atoms with Crippen LogP contribution in [0.1, 0.15) is 19.3 Å². The van der Waals surface area contributed by atoms with Gasteiger partial charge in [0.2, 0.25) is 5.91 Å². The number of hydrogen-bond donors (Lipinski definition) is 0. The molecule has 2 rings (SSSR count). The molecular formula is C7H10ClNO4S. The fraction of sp³-hybridized carbons (Fsp3) is 0.857. The van der Waals surface area contributed by atoms with Crippen LogP contribution in [-0.4, -0.2) is 37.4 Å². The van der Waals surface area contributed by atoms with E-state index in [-0.39, 0.29) is 6.42 Å². The highest BCUT2D eigenvalue weighted by atomic mass is 35.7. The van der Waals surface area contributed by atoms with Gasteiger partial charge >= 0.3 is 9.24 Å². The molecule has 2 fully saturated rings. The van der Waals surface area contributed by atoms with E-state index in [0.29, 0.717) is 26.1 Å². The monoisotopic (exact) mass is 239 g/mol. The van der Waals surface area contributed by atoms with Gasteiger partial charge in [0, 0.05) is 23.9 Å². The molecule has 0 aliphatic carbocycles. The average molecular weight is 240 g/mol. The molecule has 0 radical (unpaired) electrons. The summed E-state index contributed by atoms with van der Waals surface area (Å²) in [6.07, 6.45) is 1.36. The Hall–Kier alpha value is -0.330. The van der Waals surface area contributed by atoms with Crippen LogP contribution < -0.4 is 0 Å². The van der Waals surface area contributed by atoms with Crippen LogP contribution in [0.5, 0.6) is 0 Å². The Morgan fingerprint density at radius 2 is 1.93 bits per heavy atom. The Labute approximate surface area is 86.5 Å². The average Bonchev–Trinajstić information content (AvgIpc) is 2.01. The molecule has 0 N–H and O–H groups in total. The molecule has 0 bridgehead atoms. The number of β-lactam (4-membered cyclic amide) rings is 1. The summed E-state index contributed by atoms with van der Waals surface area (Å²) in [6.45, 7) is 0.965. The summed E-state index contributed by atoms with van der Waals surface area (Å²) in [5.41, 5.74) is -0.587. The van der Waals surface area contributed by atoms with Gasteiger partial charge in [-0.2, -0.15) is 8.42 Å². The van der Waals surface area contributed by atoms with E-state index >= 15 is 0 Å². The maximum absolute atomic E-state index is 11.2. The summed E-state index contributed by atoms with van der Waals surface area (Å²) < 4.78 is 28.2. The third kappa shape index (κ3) is 1.41. The van der Waals surface area contributed by atoms with E-state index in [1.807, 2.05) is 0 Å². The van der Waals surface area contributed by atoms with Gasteiger partial charge in [-0.1, -0.05) is 0 Å². The van der Waals surface area contributed by atoms with Gasteiger partial charge in [-0.3, -0.25) is 4.79 Å². The second kappa shape index (κ2) is 3.08. The number of ether oxygens (including phenoxy) is 1. The second-order valence-corrected chi connectivity index (χ2v) is 5.97. The number of rotatable bonds is 1. The summed E-state index contributed by atoms with van der Waals surface area (Å²) in [5, 5.41) is 0. The fourth-order valence-electron chi connectivity index (χ4n) is 2.08. The molecule has 0 aromatic carbocycles. The second-order valence-electron chi connectivity index (χ2n) is 3.61. The van der Waals surface area contributed by atoms with E-state index in [1.54, 1.807) is 0 Å². The molecule has 2 aliphatic heterocycles. The SMILES string of the molecule is O=C1CC2(CCOCC2)N1S(=O)(=O)Cl. The Balaban J connectivity index is 2.26. The number of nitrogens with zero attached hydrogens (tertiary/aromatic N) is 1. The third-order valence-corrected chi connectivity index (χ3v) is 4.22. The first-order chi connectivity index (χ1) is 6.46.